The molecule has 0 spiro atoms. The van der Waals surface area contributed by atoms with Crippen molar-refractivity contribution >= 4 is 43.2 Å². The standard InChI is InChI=1S/C12H7BrN4S/c1-14-10-7(11-8(13)5-16-17(11)2)3-4-9-12(10)18-6-15-9/h3-6H,2H3. The maximum atomic E-state index is 7.41. The van der Waals surface area contributed by atoms with E-state index in [0.717, 1.165) is 25.9 Å². The van der Waals surface area contributed by atoms with Crippen LogP contribution in [0.5, 0.6) is 0 Å². The predicted octanol–water partition coefficient (Wildman–Crippen LogP) is 4.01. The number of thiazole rings is 1. The predicted molar refractivity (Wildman–Crippen MR) is 75.8 cm³/mol. The number of aromatic nitrogens is 3. The molecule has 0 aliphatic carbocycles. The second-order valence-electron chi connectivity index (χ2n) is 3.74. The lowest BCUT2D eigenvalue weighted by atomic mass is 10.1. The topological polar surface area (TPSA) is 35.1 Å². The van der Waals surface area contributed by atoms with E-state index in [1.54, 1.807) is 16.4 Å². The molecule has 0 N–H and O–H groups in total. The Morgan fingerprint density at radius 2 is 2.28 bits per heavy atom. The third-order valence-corrected chi connectivity index (χ3v) is 4.16. The molecule has 88 valence electrons. The first kappa shape index (κ1) is 11.4. The summed E-state index contributed by atoms with van der Waals surface area (Å²) in [4.78, 5) is 7.90. The van der Waals surface area contributed by atoms with E-state index in [1.165, 1.54) is 11.3 Å². The first-order chi connectivity index (χ1) is 8.72. The van der Waals surface area contributed by atoms with Crippen molar-refractivity contribution in [2.45, 2.75) is 0 Å². The Bertz CT molecular complexity index is 762. The Morgan fingerprint density at radius 3 is 2.94 bits per heavy atom. The van der Waals surface area contributed by atoms with Crippen LogP contribution in [-0.4, -0.2) is 14.8 Å². The molecule has 1 aromatic carbocycles. The van der Waals surface area contributed by atoms with Crippen LogP contribution in [0.1, 0.15) is 0 Å². The fraction of sp³-hybridized carbons (Fsp3) is 0.0833. The van der Waals surface area contributed by atoms with Crippen LogP contribution in [0.4, 0.5) is 5.69 Å². The van der Waals surface area contributed by atoms with Gasteiger partial charge in [0.05, 0.1) is 38.7 Å². The van der Waals surface area contributed by atoms with Gasteiger partial charge in [-0.25, -0.2) is 9.83 Å². The van der Waals surface area contributed by atoms with Crippen molar-refractivity contribution in [3.63, 3.8) is 0 Å². The molecule has 0 radical (unpaired) electrons. The molecule has 0 amide bonds. The molecular weight excluding hydrogens is 312 g/mol. The molecule has 0 atom stereocenters. The average molecular weight is 319 g/mol. The Kier molecular flexibility index (Phi) is 2.65. The van der Waals surface area contributed by atoms with Crippen molar-refractivity contribution in [1.82, 2.24) is 14.8 Å². The maximum absolute atomic E-state index is 7.41. The molecule has 0 aliphatic rings. The lowest BCUT2D eigenvalue weighted by Crippen LogP contribution is -1.93. The highest BCUT2D eigenvalue weighted by atomic mass is 79.9. The zero-order valence-corrected chi connectivity index (χ0v) is 11.8. The van der Waals surface area contributed by atoms with E-state index in [0.29, 0.717) is 5.69 Å². The molecule has 18 heavy (non-hydrogen) atoms. The van der Waals surface area contributed by atoms with Crippen molar-refractivity contribution in [3.8, 4) is 11.3 Å². The summed E-state index contributed by atoms with van der Waals surface area (Å²) >= 11 is 4.97. The number of aryl methyl sites for hydroxylation is 1. The van der Waals surface area contributed by atoms with Crippen molar-refractivity contribution in [3.05, 3.63) is 39.7 Å². The molecule has 0 saturated heterocycles. The highest BCUT2D eigenvalue weighted by Crippen LogP contribution is 2.40. The van der Waals surface area contributed by atoms with Gasteiger partial charge in [-0.3, -0.25) is 4.68 Å². The maximum Gasteiger partial charge on any atom is 0.215 e. The van der Waals surface area contributed by atoms with Crippen molar-refractivity contribution < 1.29 is 0 Å². The number of rotatable bonds is 1. The van der Waals surface area contributed by atoms with Gasteiger partial charge in [0, 0.05) is 12.6 Å². The monoisotopic (exact) mass is 318 g/mol. The van der Waals surface area contributed by atoms with Crippen LogP contribution in [0.25, 0.3) is 26.3 Å². The van der Waals surface area contributed by atoms with E-state index in [4.69, 9.17) is 6.57 Å². The second kappa shape index (κ2) is 4.19. The number of benzene rings is 1. The van der Waals surface area contributed by atoms with Crippen LogP contribution in [0.15, 0.2) is 28.3 Å². The second-order valence-corrected chi connectivity index (χ2v) is 5.45. The summed E-state index contributed by atoms with van der Waals surface area (Å²) < 4.78 is 3.58. The van der Waals surface area contributed by atoms with Gasteiger partial charge < -0.3 is 0 Å². The highest BCUT2D eigenvalue weighted by Gasteiger charge is 2.16. The van der Waals surface area contributed by atoms with Crippen LogP contribution >= 0.6 is 27.3 Å². The lowest BCUT2D eigenvalue weighted by Gasteiger charge is -2.06. The minimum absolute atomic E-state index is 0.638. The van der Waals surface area contributed by atoms with Gasteiger partial charge >= 0.3 is 0 Å². The van der Waals surface area contributed by atoms with Crippen LogP contribution in [0.3, 0.4) is 0 Å². The quantitative estimate of drug-likeness (QED) is 0.635. The molecule has 0 aliphatic heterocycles. The fourth-order valence-electron chi connectivity index (χ4n) is 1.93. The molecule has 0 fully saturated rings. The molecule has 6 heteroatoms. The van der Waals surface area contributed by atoms with Gasteiger partial charge in [0.1, 0.15) is 0 Å². The molecule has 0 bridgehead atoms. The Balaban J connectivity index is 2.40. The van der Waals surface area contributed by atoms with Gasteiger partial charge in [-0.1, -0.05) is 6.07 Å². The number of nitrogens with zero attached hydrogens (tertiary/aromatic N) is 4. The normalized spacial score (nSPS) is 10.7. The lowest BCUT2D eigenvalue weighted by molar-refractivity contribution is 0.776. The fourth-order valence-corrected chi connectivity index (χ4v) is 3.27. The summed E-state index contributed by atoms with van der Waals surface area (Å²) in [5.74, 6) is 0. The van der Waals surface area contributed by atoms with Crippen LogP contribution in [0.2, 0.25) is 0 Å². The van der Waals surface area contributed by atoms with E-state index in [2.05, 4.69) is 30.9 Å². The number of fused-ring (bicyclic) bond motifs is 1. The Morgan fingerprint density at radius 1 is 1.44 bits per heavy atom. The molecular formula is C12H7BrN4S. The molecule has 0 saturated carbocycles. The molecule has 4 nitrogen and oxygen atoms in total. The number of hydrogen-bond donors (Lipinski definition) is 0. The summed E-state index contributed by atoms with van der Waals surface area (Å²) in [5, 5.41) is 4.19. The van der Waals surface area contributed by atoms with E-state index >= 15 is 0 Å². The van der Waals surface area contributed by atoms with Gasteiger partial charge in [-0.2, -0.15) is 5.10 Å². The Labute approximate surface area is 116 Å². The van der Waals surface area contributed by atoms with Crippen LogP contribution in [-0.2, 0) is 7.05 Å². The highest BCUT2D eigenvalue weighted by molar-refractivity contribution is 9.10. The van der Waals surface area contributed by atoms with Gasteiger partial charge in [-0.15, -0.1) is 11.3 Å². The van der Waals surface area contributed by atoms with E-state index in [1.807, 2.05) is 19.2 Å². The minimum atomic E-state index is 0.638. The van der Waals surface area contributed by atoms with Crippen LogP contribution in [0, 0.1) is 6.57 Å². The number of hydrogen-bond acceptors (Lipinski definition) is 3. The molecule has 3 aromatic rings. The number of halogens is 1. The largest absolute Gasteiger partial charge is 0.268 e. The molecule has 2 heterocycles. The summed E-state index contributed by atoms with van der Waals surface area (Å²) in [7, 11) is 1.87. The van der Waals surface area contributed by atoms with Crippen LogP contribution < -0.4 is 0 Å². The summed E-state index contributed by atoms with van der Waals surface area (Å²) in [6, 6.07) is 3.87. The summed E-state index contributed by atoms with van der Waals surface area (Å²) in [5.41, 5.74) is 5.07. The SMILES string of the molecule is [C-]#[N+]c1c(-c2c(Br)cnn2C)ccc2ncsc12. The van der Waals surface area contributed by atoms with E-state index < -0.39 is 0 Å². The minimum Gasteiger partial charge on any atom is -0.268 e. The van der Waals surface area contributed by atoms with Gasteiger partial charge in [0.25, 0.3) is 0 Å². The third-order valence-electron chi connectivity index (χ3n) is 2.73. The molecule has 3 rings (SSSR count). The summed E-state index contributed by atoms with van der Waals surface area (Å²) in [6.45, 7) is 7.41. The zero-order valence-electron chi connectivity index (χ0n) is 9.38. The Hall–Kier alpha value is -1.71. The van der Waals surface area contributed by atoms with Crippen molar-refractivity contribution in [1.29, 1.82) is 0 Å². The summed E-state index contributed by atoms with van der Waals surface area (Å²) in [6.07, 6.45) is 1.74. The molecule has 0 unspecified atom stereocenters. The first-order valence-corrected chi connectivity index (χ1v) is 6.81. The zero-order chi connectivity index (χ0) is 12.7. The first-order valence-electron chi connectivity index (χ1n) is 5.14. The van der Waals surface area contributed by atoms with Gasteiger partial charge in [0.2, 0.25) is 5.69 Å². The van der Waals surface area contributed by atoms with Gasteiger partial charge in [0.15, 0.2) is 0 Å². The average Bonchev–Trinajstić information content (AvgIpc) is 2.95. The van der Waals surface area contributed by atoms with Gasteiger partial charge in [-0.05, 0) is 22.0 Å². The van der Waals surface area contributed by atoms with Crippen molar-refractivity contribution in [2.24, 2.45) is 7.05 Å². The van der Waals surface area contributed by atoms with E-state index in [9.17, 15) is 0 Å². The van der Waals surface area contributed by atoms with E-state index in [-0.39, 0.29) is 0 Å². The molecule has 2 aromatic heterocycles. The van der Waals surface area contributed by atoms with Crippen molar-refractivity contribution in [2.75, 3.05) is 0 Å². The smallest absolute Gasteiger partial charge is 0.215 e. The third kappa shape index (κ3) is 1.55.